The number of hydrogen-bond donors (Lipinski definition) is 1. The van der Waals surface area contributed by atoms with Crippen molar-refractivity contribution in [1.29, 1.82) is 0 Å². The van der Waals surface area contributed by atoms with Gasteiger partial charge in [0.05, 0.1) is 16.3 Å². The molecule has 2 rings (SSSR count). The van der Waals surface area contributed by atoms with Crippen molar-refractivity contribution in [3.63, 3.8) is 0 Å². The van der Waals surface area contributed by atoms with E-state index in [4.69, 9.17) is 11.6 Å². The normalized spacial score (nSPS) is 11.6. The highest BCUT2D eigenvalue weighted by Crippen LogP contribution is 2.25. The van der Waals surface area contributed by atoms with E-state index in [1.54, 1.807) is 22.9 Å². The molecule has 0 spiro atoms. The lowest BCUT2D eigenvalue weighted by Gasteiger charge is -2.11. The van der Waals surface area contributed by atoms with Crippen LogP contribution >= 0.6 is 11.6 Å². The van der Waals surface area contributed by atoms with Crippen molar-refractivity contribution in [1.82, 2.24) is 9.78 Å². The second kappa shape index (κ2) is 6.07. The lowest BCUT2D eigenvalue weighted by Crippen LogP contribution is -2.08. The van der Waals surface area contributed by atoms with Gasteiger partial charge in [-0.25, -0.2) is 8.42 Å². The van der Waals surface area contributed by atoms with Gasteiger partial charge in [-0.1, -0.05) is 24.6 Å². The van der Waals surface area contributed by atoms with Crippen LogP contribution in [0.15, 0.2) is 29.3 Å². The molecule has 1 aromatic carbocycles. The van der Waals surface area contributed by atoms with Crippen LogP contribution in [0.25, 0.3) is 0 Å². The van der Waals surface area contributed by atoms with Gasteiger partial charge in [-0.3, -0.25) is 4.68 Å². The van der Waals surface area contributed by atoms with Crippen LogP contribution in [-0.4, -0.2) is 24.5 Å². The first-order chi connectivity index (χ1) is 9.82. The van der Waals surface area contributed by atoms with E-state index in [2.05, 4.69) is 10.4 Å². The predicted octanol–water partition coefficient (Wildman–Crippen LogP) is 2.65. The molecule has 0 fully saturated rings. The van der Waals surface area contributed by atoms with Gasteiger partial charge in [0.15, 0.2) is 9.84 Å². The number of sulfone groups is 1. The zero-order valence-electron chi connectivity index (χ0n) is 12.2. The maximum atomic E-state index is 11.8. The predicted molar refractivity (Wildman–Crippen MR) is 84.5 cm³/mol. The Morgan fingerprint density at radius 2 is 2.10 bits per heavy atom. The van der Waals surface area contributed by atoms with Gasteiger partial charge in [-0.2, -0.15) is 5.10 Å². The van der Waals surface area contributed by atoms with Crippen LogP contribution < -0.4 is 5.32 Å². The first-order valence-corrected chi connectivity index (χ1v) is 8.83. The molecular formula is C14H18ClN3O2S. The van der Waals surface area contributed by atoms with Gasteiger partial charge >= 0.3 is 0 Å². The highest BCUT2D eigenvalue weighted by Gasteiger charge is 2.16. The van der Waals surface area contributed by atoms with E-state index in [1.807, 2.05) is 20.2 Å². The standard InChI is InChI=1S/C14H18ClN3O2S/c1-4-12-13(9-18(2)17-12)16-8-10-11(15)6-5-7-14(10)21(3,19)20/h5-7,9,16H,4,8H2,1-3H3. The molecule has 0 bridgehead atoms. The van der Waals surface area contributed by atoms with E-state index in [0.29, 0.717) is 17.1 Å². The highest BCUT2D eigenvalue weighted by atomic mass is 35.5. The number of anilines is 1. The van der Waals surface area contributed by atoms with Gasteiger partial charge in [-0.15, -0.1) is 0 Å². The molecule has 21 heavy (non-hydrogen) atoms. The van der Waals surface area contributed by atoms with Gasteiger partial charge in [0.2, 0.25) is 0 Å². The topological polar surface area (TPSA) is 64.0 Å². The van der Waals surface area contributed by atoms with Gasteiger partial charge < -0.3 is 5.32 Å². The number of benzene rings is 1. The number of nitrogens with one attached hydrogen (secondary N) is 1. The lowest BCUT2D eigenvalue weighted by molar-refractivity contribution is 0.601. The second-order valence-electron chi connectivity index (χ2n) is 4.86. The average Bonchev–Trinajstić information content (AvgIpc) is 2.76. The average molecular weight is 328 g/mol. The number of aryl methyl sites for hydroxylation is 2. The number of nitrogens with zero attached hydrogens (tertiary/aromatic N) is 2. The molecule has 2 aromatic rings. The number of rotatable bonds is 5. The third kappa shape index (κ3) is 3.57. The summed E-state index contributed by atoms with van der Waals surface area (Å²) in [5.74, 6) is 0. The van der Waals surface area contributed by atoms with Crippen molar-refractivity contribution in [2.24, 2.45) is 7.05 Å². The van der Waals surface area contributed by atoms with Crippen molar-refractivity contribution in [3.05, 3.63) is 40.7 Å². The molecule has 0 radical (unpaired) electrons. The van der Waals surface area contributed by atoms with Crippen LogP contribution in [-0.2, 0) is 29.9 Å². The number of aromatic nitrogens is 2. The minimum Gasteiger partial charge on any atom is -0.378 e. The molecular weight excluding hydrogens is 310 g/mol. The summed E-state index contributed by atoms with van der Waals surface area (Å²) in [5, 5.41) is 8.00. The van der Waals surface area contributed by atoms with Crippen molar-refractivity contribution in [2.45, 2.75) is 24.8 Å². The molecule has 5 nitrogen and oxygen atoms in total. The summed E-state index contributed by atoms with van der Waals surface area (Å²) in [6.07, 6.45) is 3.85. The molecule has 7 heteroatoms. The van der Waals surface area contributed by atoms with Crippen molar-refractivity contribution in [2.75, 3.05) is 11.6 Å². The first kappa shape index (κ1) is 15.9. The Labute approximate surface area is 129 Å². The summed E-state index contributed by atoms with van der Waals surface area (Å²) in [7, 11) is -1.47. The van der Waals surface area contributed by atoms with Crippen LogP contribution in [0.5, 0.6) is 0 Å². The molecule has 0 atom stereocenters. The minimum atomic E-state index is -3.32. The van der Waals surface area contributed by atoms with Crippen LogP contribution in [0, 0.1) is 0 Å². The van der Waals surface area contributed by atoms with Crippen LogP contribution in [0.4, 0.5) is 5.69 Å². The Balaban J connectivity index is 2.32. The molecule has 114 valence electrons. The third-order valence-electron chi connectivity index (χ3n) is 3.17. The molecule has 1 aromatic heterocycles. The Bertz CT molecular complexity index is 754. The Morgan fingerprint density at radius 1 is 1.38 bits per heavy atom. The van der Waals surface area contributed by atoms with E-state index in [-0.39, 0.29) is 4.90 Å². The van der Waals surface area contributed by atoms with Crippen molar-refractivity contribution >= 4 is 27.1 Å². The van der Waals surface area contributed by atoms with Crippen molar-refractivity contribution in [3.8, 4) is 0 Å². The number of halogens is 1. The van der Waals surface area contributed by atoms with E-state index in [1.165, 1.54) is 6.26 Å². The Kier molecular flexibility index (Phi) is 4.58. The van der Waals surface area contributed by atoms with E-state index >= 15 is 0 Å². The molecule has 0 aliphatic carbocycles. The summed E-state index contributed by atoms with van der Waals surface area (Å²) < 4.78 is 25.4. The molecule has 1 heterocycles. The van der Waals surface area contributed by atoms with Gasteiger partial charge in [-0.05, 0) is 18.6 Å². The first-order valence-electron chi connectivity index (χ1n) is 6.56. The summed E-state index contributed by atoms with van der Waals surface area (Å²) in [4.78, 5) is 0.254. The maximum absolute atomic E-state index is 11.8. The zero-order chi connectivity index (χ0) is 15.6. The van der Waals surface area contributed by atoms with Crippen molar-refractivity contribution < 1.29 is 8.42 Å². The Hall–Kier alpha value is -1.53. The smallest absolute Gasteiger partial charge is 0.175 e. The van der Waals surface area contributed by atoms with Crippen LogP contribution in [0.1, 0.15) is 18.2 Å². The quantitative estimate of drug-likeness (QED) is 0.917. The SMILES string of the molecule is CCc1nn(C)cc1NCc1c(Cl)cccc1S(C)(=O)=O. The molecule has 0 amide bonds. The fourth-order valence-electron chi connectivity index (χ4n) is 2.18. The van der Waals surface area contributed by atoms with E-state index in [9.17, 15) is 8.42 Å². The summed E-state index contributed by atoms with van der Waals surface area (Å²) >= 11 is 6.16. The maximum Gasteiger partial charge on any atom is 0.175 e. The van der Waals surface area contributed by atoms with Crippen LogP contribution in [0.2, 0.25) is 5.02 Å². The number of hydrogen-bond acceptors (Lipinski definition) is 4. The van der Waals surface area contributed by atoms with Gasteiger partial charge in [0.1, 0.15) is 0 Å². The molecule has 0 saturated carbocycles. The summed E-state index contributed by atoms with van der Waals surface area (Å²) in [5.41, 5.74) is 2.40. The molecule has 1 N–H and O–H groups in total. The summed E-state index contributed by atoms with van der Waals surface area (Å²) in [6, 6.07) is 4.91. The molecule has 0 saturated heterocycles. The fraction of sp³-hybridized carbons (Fsp3) is 0.357. The fourth-order valence-corrected chi connectivity index (χ4v) is 3.44. The minimum absolute atomic E-state index is 0.254. The zero-order valence-corrected chi connectivity index (χ0v) is 13.8. The summed E-state index contributed by atoms with van der Waals surface area (Å²) in [6.45, 7) is 2.35. The second-order valence-corrected chi connectivity index (χ2v) is 7.25. The van der Waals surface area contributed by atoms with E-state index < -0.39 is 9.84 Å². The van der Waals surface area contributed by atoms with Gasteiger partial charge in [0.25, 0.3) is 0 Å². The molecule has 0 aliphatic rings. The van der Waals surface area contributed by atoms with Crippen LogP contribution in [0.3, 0.4) is 0 Å². The largest absolute Gasteiger partial charge is 0.378 e. The molecule has 0 aliphatic heterocycles. The molecule has 0 unspecified atom stereocenters. The monoisotopic (exact) mass is 327 g/mol. The van der Waals surface area contributed by atoms with Gasteiger partial charge in [0, 0.05) is 36.6 Å². The highest BCUT2D eigenvalue weighted by molar-refractivity contribution is 7.90. The third-order valence-corrected chi connectivity index (χ3v) is 4.71. The van der Waals surface area contributed by atoms with E-state index in [0.717, 1.165) is 17.8 Å². The lowest BCUT2D eigenvalue weighted by atomic mass is 10.2. The Morgan fingerprint density at radius 3 is 2.71 bits per heavy atom.